The van der Waals surface area contributed by atoms with Crippen LogP contribution in [0.1, 0.15) is 6.92 Å². The topological polar surface area (TPSA) is 114 Å². The Morgan fingerprint density at radius 1 is 1.15 bits per heavy atom. The number of anilines is 1. The molecule has 0 heterocycles. The lowest BCUT2D eigenvalue weighted by molar-refractivity contribution is -0.123. The molecule has 0 saturated heterocycles. The van der Waals surface area contributed by atoms with E-state index in [-0.39, 0.29) is 16.6 Å². The van der Waals surface area contributed by atoms with Crippen LogP contribution < -0.4 is 20.3 Å². The zero-order chi connectivity index (χ0) is 20.0. The molecule has 8 nitrogen and oxygen atoms in total. The van der Waals surface area contributed by atoms with Gasteiger partial charge >= 0.3 is 0 Å². The number of ether oxygens (including phenoxy) is 1. The third-order valence-electron chi connectivity index (χ3n) is 3.06. The number of carbonyl (C=O) groups is 2. The van der Waals surface area contributed by atoms with Crippen molar-refractivity contribution in [2.45, 2.75) is 11.8 Å². The van der Waals surface area contributed by atoms with Crippen molar-refractivity contribution in [2.75, 3.05) is 11.9 Å². The van der Waals surface area contributed by atoms with Gasteiger partial charge in [-0.15, -0.1) is 4.83 Å². The molecule has 0 aliphatic carbocycles. The molecule has 2 aromatic rings. The smallest absolute Gasteiger partial charge is 0.272 e. The van der Waals surface area contributed by atoms with Gasteiger partial charge in [0.2, 0.25) is 5.91 Å². The van der Waals surface area contributed by atoms with Crippen LogP contribution in [0, 0.1) is 0 Å². The van der Waals surface area contributed by atoms with Crippen LogP contribution in [-0.2, 0) is 19.6 Å². The third kappa shape index (κ3) is 6.51. The molecule has 0 saturated carbocycles. The number of rotatable bonds is 7. The molecule has 3 N–H and O–H groups in total. The molecular formula is C16H15BrClN3O5S. The summed E-state index contributed by atoms with van der Waals surface area (Å²) >= 11 is 9.21. The lowest BCUT2D eigenvalue weighted by Crippen LogP contribution is -2.43. The summed E-state index contributed by atoms with van der Waals surface area (Å²) < 4.78 is 30.3. The highest BCUT2D eigenvalue weighted by Gasteiger charge is 2.15. The molecule has 0 unspecified atom stereocenters. The number of nitrogens with one attached hydrogen (secondary N) is 3. The minimum absolute atomic E-state index is 0.0891. The van der Waals surface area contributed by atoms with Crippen molar-refractivity contribution in [3.05, 3.63) is 52.0 Å². The van der Waals surface area contributed by atoms with E-state index in [4.69, 9.17) is 16.3 Å². The van der Waals surface area contributed by atoms with Gasteiger partial charge in [-0.05, 0) is 42.5 Å². The zero-order valence-electron chi connectivity index (χ0n) is 14.0. The van der Waals surface area contributed by atoms with Gasteiger partial charge in [-0.2, -0.15) is 0 Å². The standard InChI is InChI=1S/C16H15BrClN3O5S/c1-10(22)19-12-3-5-13(6-4-12)27(24,25)21-20-16(23)9-26-15-7-2-11(17)8-14(15)18/h2-8,21H,9H2,1H3,(H,19,22)(H,20,23). The Kier molecular flexibility index (Phi) is 7.19. The summed E-state index contributed by atoms with van der Waals surface area (Å²) in [4.78, 5) is 24.6. The summed E-state index contributed by atoms with van der Waals surface area (Å²) in [6, 6.07) is 10.3. The van der Waals surface area contributed by atoms with E-state index in [2.05, 4.69) is 21.2 Å². The molecule has 11 heteroatoms. The second-order valence-electron chi connectivity index (χ2n) is 5.22. The largest absolute Gasteiger partial charge is 0.482 e. The van der Waals surface area contributed by atoms with E-state index in [0.29, 0.717) is 10.7 Å². The summed E-state index contributed by atoms with van der Waals surface area (Å²) in [5, 5.41) is 2.82. The lowest BCUT2D eigenvalue weighted by atomic mass is 10.3. The van der Waals surface area contributed by atoms with Crippen molar-refractivity contribution < 1.29 is 22.7 Å². The second kappa shape index (κ2) is 9.18. The summed E-state index contributed by atoms with van der Waals surface area (Å²) in [6.07, 6.45) is 0. The highest BCUT2D eigenvalue weighted by Crippen LogP contribution is 2.27. The van der Waals surface area contributed by atoms with E-state index in [0.717, 1.165) is 4.47 Å². The second-order valence-corrected chi connectivity index (χ2v) is 8.23. The Hall–Kier alpha value is -2.14. The zero-order valence-corrected chi connectivity index (χ0v) is 17.1. The fourth-order valence-corrected chi connectivity index (χ4v) is 3.46. The predicted molar refractivity (Wildman–Crippen MR) is 104 cm³/mol. The first-order valence-corrected chi connectivity index (χ1v) is 10.1. The van der Waals surface area contributed by atoms with Gasteiger partial charge in [0.15, 0.2) is 6.61 Å². The van der Waals surface area contributed by atoms with Crippen molar-refractivity contribution in [1.29, 1.82) is 0 Å². The van der Waals surface area contributed by atoms with Gasteiger partial charge in [-0.25, -0.2) is 8.42 Å². The molecule has 0 atom stereocenters. The van der Waals surface area contributed by atoms with Crippen LogP contribution in [0.5, 0.6) is 5.75 Å². The molecule has 0 bridgehead atoms. The van der Waals surface area contributed by atoms with Crippen LogP contribution in [0.4, 0.5) is 5.69 Å². The van der Waals surface area contributed by atoms with E-state index in [1.165, 1.54) is 31.2 Å². The number of hydrogen-bond acceptors (Lipinski definition) is 5. The molecule has 0 spiro atoms. The summed E-state index contributed by atoms with van der Waals surface area (Å²) in [6.45, 7) is 0.899. The molecular weight excluding hydrogens is 462 g/mol. The Morgan fingerprint density at radius 2 is 1.81 bits per heavy atom. The van der Waals surface area contributed by atoms with Crippen molar-refractivity contribution in [3.8, 4) is 5.75 Å². The van der Waals surface area contributed by atoms with Crippen LogP contribution in [-0.4, -0.2) is 26.8 Å². The van der Waals surface area contributed by atoms with Crippen LogP contribution in [0.2, 0.25) is 5.02 Å². The third-order valence-corrected chi connectivity index (χ3v) is 5.11. The molecule has 2 aromatic carbocycles. The first-order chi connectivity index (χ1) is 12.7. The van der Waals surface area contributed by atoms with E-state index in [9.17, 15) is 18.0 Å². The fraction of sp³-hybridized carbons (Fsp3) is 0.125. The van der Waals surface area contributed by atoms with Crippen LogP contribution in [0.25, 0.3) is 0 Å². The maximum atomic E-state index is 12.2. The first kappa shape index (κ1) is 21.2. The Bertz CT molecular complexity index is 951. The van der Waals surface area contributed by atoms with Crippen molar-refractivity contribution in [3.63, 3.8) is 0 Å². The van der Waals surface area contributed by atoms with Crippen molar-refractivity contribution in [2.24, 2.45) is 0 Å². The number of carbonyl (C=O) groups excluding carboxylic acids is 2. The molecule has 2 rings (SSSR count). The monoisotopic (exact) mass is 475 g/mol. The lowest BCUT2D eigenvalue weighted by Gasteiger charge is -2.11. The predicted octanol–water partition coefficient (Wildman–Crippen LogP) is 2.45. The maximum absolute atomic E-state index is 12.2. The first-order valence-electron chi connectivity index (χ1n) is 7.43. The van der Waals surface area contributed by atoms with Crippen LogP contribution in [0.3, 0.4) is 0 Å². The van der Waals surface area contributed by atoms with Gasteiger partial charge in [0.1, 0.15) is 5.75 Å². The number of hydrogen-bond donors (Lipinski definition) is 3. The molecule has 0 aliphatic rings. The average Bonchev–Trinajstić information content (AvgIpc) is 2.59. The normalized spacial score (nSPS) is 10.9. The highest BCUT2D eigenvalue weighted by atomic mass is 79.9. The Balaban J connectivity index is 1.90. The molecule has 144 valence electrons. The van der Waals surface area contributed by atoms with Gasteiger partial charge in [-0.3, -0.25) is 15.0 Å². The van der Waals surface area contributed by atoms with E-state index in [1.54, 1.807) is 18.2 Å². The molecule has 27 heavy (non-hydrogen) atoms. The van der Waals surface area contributed by atoms with Crippen molar-refractivity contribution in [1.82, 2.24) is 10.3 Å². The summed E-state index contributed by atoms with van der Waals surface area (Å²) in [7, 11) is -3.98. The summed E-state index contributed by atoms with van der Waals surface area (Å²) in [5.41, 5.74) is 2.49. The van der Waals surface area contributed by atoms with Gasteiger partial charge < -0.3 is 10.1 Å². The number of benzene rings is 2. The highest BCUT2D eigenvalue weighted by molar-refractivity contribution is 9.10. The minimum Gasteiger partial charge on any atom is -0.482 e. The number of sulfonamides is 1. The SMILES string of the molecule is CC(=O)Nc1ccc(S(=O)(=O)NNC(=O)COc2ccc(Br)cc2Cl)cc1. The number of amides is 2. The summed E-state index contributed by atoms with van der Waals surface area (Å²) in [5.74, 6) is -0.708. The van der Waals surface area contributed by atoms with E-state index in [1.807, 2.05) is 10.3 Å². The molecule has 0 aromatic heterocycles. The maximum Gasteiger partial charge on any atom is 0.272 e. The van der Waals surface area contributed by atoms with E-state index >= 15 is 0 Å². The van der Waals surface area contributed by atoms with Gasteiger partial charge in [0.05, 0.1) is 9.92 Å². The number of halogens is 2. The quantitative estimate of drug-likeness (QED) is 0.531. The van der Waals surface area contributed by atoms with Gasteiger partial charge in [0, 0.05) is 17.1 Å². The van der Waals surface area contributed by atoms with E-state index < -0.39 is 22.5 Å². The van der Waals surface area contributed by atoms with Crippen molar-refractivity contribution >= 4 is 55.1 Å². The minimum atomic E-state index is -3.98. The Labute approximate surface area is 169 Å². The fourth-order valence-electron chi connectivity index (χ4n) is 1.88. The molecule has 0 aliphatic heterocycles. The van der Waals surface area contributed by atoms with Crippen LogP contribution >= 0.6 is 27.5 Å². The molecule has 0 radical (unpaired) electrons. The average molecular weight is 477 g/mol. The van der Waals surface area contributed by atoms with Gasteiger partial charge in [0.25, 0.3) is 15.9 Å². The van der Waals surface area contributed by atoms with Gasteiger partial charge in [-0.1, -0.05) is 27.5 Å². The molecule has 0 fully saturated rings. The molecule has 2 amide bonds. The van der Waals surface area contributed by atoms with Crippen LogP contribution in [0.15, 0.2) is 51.8 Å². The number of hydrazine groups is 1. The Morgan fingerprint density at radius 3 is 2.41 bits per heavy atom.